The summed E-state index contributed by atoms with van der Waals surface area (Å²) in [6, 6.07) is 9.67. The van der Waals surface area contributed by atoms with Crippen molar-refractivity contribution in [2.75, 3.05) is 20.3 Å². The molecule has 0 fully saturated rings. The Balaban J connectivity index is 2.28. The fourth-order valence-electron chi connectivity index (χ4n) is 1.69. The molecule has 2 N–H and O–H groups in total. The fourth-order valence-corrected chi connectivity index (χ4v) is 1.69. The quantitative estimate of drug-likeness (QED) is 0.850. The minimum atomic E-state index is -0.134. The predicted molar refractivity (Wildman–Crippen MR) is 67.1 cm³/mol. The van der Waals surface area contributed by atoms with Crippen LogP contribution in [0.4, 0.5) is 0 Å². The summed E-state index contributed by atoms with van der Waals surface area (Å²) in [5.74, 6) is 0.795. The summed E-state index contributed by atoms with van der Waals surface area (Å²) >= 11 is 0. The maximum absolute atomic E-state index is 5.83. The first-order valence-corrected chi connectivity index (χ1v) is 5.54. The zero-order chi connectivity index (χ0) is 12.1. The van der Waals surface area contributed by atoms with E-state index in [1.165, 1.54) is 0 Å². The van der Waals surface area contributed by atoms with Crippen LogP contribution in [-0.2, 0) is 4.74 Å². The zero-order valence-corrected chi connectivity index (χ0v) is 9.80. The highest BCUT2D eigenvalue weighted by molar-refractivity contribution is 5.84. The number of pyridine rings is 1. The van der Waals surface area contributed by atoms with Crippen molar-refractivity contribution >= 4 is 10.9 Å². The molecular formula is C13H16N2O2. The number of ether oxygens (including phenoxy) is 2. The Kier molecular flexibility index (Phi) is 3.90. The molecular weight excluding hydrogens is 216 g/mol. The molecule has 0 saturated heterocycles. The maximum atomic E-state index is 5.83. The molecule has 4 heteroatoms. The number of rotatable bonds is 5. The summed E-state index contributed by atoms with van der Waals surface area (Å²) in [7, 11) is 1.64. The first-order chi connectivity index (χ1) is 8.35. The normalized spacial score (nSPS) is 12.6. The molecule has 0 bridgehead atoms. The standard InChI is InChI=1S/C13H16N2O2/c1-16-9-10(8-14)17-13-6-2-5-12-11(13)4-3-7-15-12/h2-7,10H,8-9,14H2,1H3. The summed E-state index contributed by atoms with van der Waals surface area (Å²) in [6.45, 7) is 0.900. The Hall–Kier alpha value is -1.65. The highest BCUT2D eigenvalue weighted by Gasteiger charge is 2.10. The minimum absolute atomic E-state index is 0.134. The van der Waals surface area contributed by atoms with Gasteiger partial charge in [0.1, 0.15) is 11.9 Å². The molecule has 17 heavy (non-hydrogen) atoms. The van der Waals surface area contributed by atoms with E-state index in [0.29, 0.717) is 13.2 Å². The van der Waals surface area contributed by atoms with Gasteiger partial charge in [0, 0.05) is 25.2 Å². The van der Waals surface area contributed by atoms with Crippen LogP contribution in [-0.4, -0.2) is 31.3 Å². The van der Waals surface area contributed by atoms with Gasteiger partial charge in [0.15, 0.2) is 0 Å². The smallest absolute Gasteiger partial charge is 0.134 e. The van der Waals surface area contributed by atoms with Crippen LogP contribution in [0.2, 0.25) is 0 Å². The Labute approximate surface area is 100 Å². The van der Waals surface area contributed by atoms with Crippen LogP contribution in [0.15, 0.2) is 36.5 Å². The average molecular weight is 232 g/mol. The SMILES string of the molecule is COCC(CN)Oc1cccc2ncccc12. The molecule has 1 heterocycles. The van der Waals surface area contributed by atoms with Crippen molar-refractivity contribution in [3.63, 3.8) is 0 Å². The van der Waals surface area contributed by atoms with Gasteiger partial charge in [-0.05, 0) is 24.3 Å². The van der Waals surface area contributed by atoms with E-state index in [-0.39, 0.29) is 6.10 Å². The van der Waals surface area contributed by atoms with Crippen LogP contribution in [0.25, 0.3) is 10.9 Å². The van der Waals surface area contributed by atoms with Gasteiger partial charge >= 0.3 is 0 Å². The van der Waals surface area contributed by atoms with Crippen molar-refractivity contribution in [2.45, 2.75) is 6.10 Å². The van der Waals surface area contributed by atoms with E-state index in [9.17, 15) is 0 Å². The second-order valence-corrected chi connectivity index (χ2v) is 3.76. The number of hydrogen-bond acceptors (Lipinski definition) is 4. The highest BCUT2D eigenvalue weighted by atomic mass is 16.5. The molecule has 0 aliphatic rings. The third-order valence-corrected chi connectivity index (χ3v) is 2.51. The monoisotopic (exact) mass is 232 g/mol. The summed E-state index contributed by atoms with van der Waals surface area (Å²) in [6.07, 6.45) is 1.63. The van der Waals surface area contributed by atoms with Gasteiger partial charge < -0.3 is 15.2 Å². The van der Waals surface area contributed by atoms with E-state index in [4.69, 9.17) is 15.2 Å². The van der Waals surface area contributed by atoms with Gasteiger partial charge in [-0.2, -0.15) is 0 Å². The molecule has 1 atom stereocenters. The van der Waals surface area contributed by atoms with E-state index >= 15 is 0 Å². The van der Waals surface area contributed by atoms with Crippen LogP contribution >= 0.6 is 0 Å². The first-order valence-electron chi connectivity index (χ1n) is 5.54. The van der Waals surface area contributed by atoms with Crippen LogP contribution in [0.1, 0.15) is 0 Å². The van der Waals surface area contributed by atoms with Crippen molar-refractivity contribution in [3.8, 4) is 5.75 Å². The van der Waals surface area contributed by atoms with E-state index in [0.717, 1.165) is 16.7 Å². The molecule has 1 aromatic heterocycles. The molecule has 1 unspecified atom stereocenters. The van der Waals surface area contributed by atoms with Crippen LogP contribution in [0.5, 0.6) is 5.75 Å². The number of nitrogens with zero attached hydrogens (tertiary/aromatic N) is 1. The van der Waals surface area contributed by atoms with Crippen LogP contribution < -0.4 is 10.5 Å². The third kappa shape index (κ3) is 2.72. The maximum Gasteiger partial charge on any atom is 0.134 e. The number of hydrogen-bond donors (Lipinski definition) is 1. The Morgan fingerprint density at radius 1 is 1.29 bits per heavy atom. The lowest BCUT2D eigenvalue weighted by Crippen LogP contribution is -2.31. The van der Waals surface area contributed by atoms with Gasteiger partial charge in [0.05, 0.1) is 12.1 Å². The third-order valence-electron chi connectivity index (χ3n) is 2.51. The van der Waals surface area contributed by atoms with Gasteiger partial charge in [-0.3, -0.25) is 4.98 Å². The number of methoxy groups -OCH3 is 1. The van der Waals surface area contributed by atoms with Crippen LogP contribution in [0, 0.1) is 0 Å². The number of benzene rings is 1. The summed E-state index contributed by atoms with van der Waals surface area (Å²) in [4.78, 5) is 4.28. The first kappa shape index (κ1) is 11.8. The van der Waals surface area contributed by atoms with Crippen molar-refractivity contribution in [1.82, 2.24) is 4.98 Å². The topological polar surface area (TPSA) is 57.4 Å². The van der Waals surface area contributed by atoms with Gasteiger partial charge in [-0.1, -0.05) is 6.07 Å². The van der Waals surface area contributed by atoms with Gasteiger partial charge in [-0.15, -0.1) is 0 Å². The van der Waals surface area contributed by atoms with E-state index in [2.05, 4.69) is 4.98 Å². The molecule has 2 rings (SSSR count). The molecule has 0 spiro atoms. The molecule has 4 nitrogen and oxygen atoms in total. The molecule has 0 amide bonds. The number of nitrogens with two attached hydrogens (primary N) is 1. The second-order valence-electron chi connectivity index (χ2n) is 3.76. The average Bonchev–Trinajstić information content (AvgIpc) is 2.38. The number of fused-ring (bicyclic) bond motifs is 1. The van der Waals surface area contributed by atoms with Crippen molar-refractivity contribution in [2.24, 2.45) is 5.73 Å². The lowest BCUT2D eigenvalue weighted by atomic mass is 10.2. The molecule has 0 aliphatic carbocycles. The molecule has 90 valence electrons. The zero-order valence-electron chi connectivity index (χ0n) is 9.80. The predicted octanol–water partition coefficient (Wildman–Crippen LogP) is 1.59. The summed E-state index contributed by atoms with van der Waals surface area (Å²) in [5.41, 5.74) is 6.55. The minimum Gasteiger partial charge on any atom is -0.486 e. The van der Waals surface area contributed by atoms with Gasteiger partial charge in [0.2, 0.25) is 0 Å². The molecule has 1 aromatic carbocycles. The van der Waals surface area contributed by atoms with Gasteiger partial charge in [-0.25, -0.2) is 0 Å². The molecule has 0 radical (unpaired) electrons. The Morgan fingerprint density at radius 3 is 2.94 bits per heavy atom. The largest absolute Gasteiger partial charge is 0.486 e. The number of aromatic nitrogens is 1. The molecule has 0 aliphatic heterocycles. The Bertz CT molecular complexity index is 482. The van der Waals surface area contributed by atoms with Crippen LogP contribution in [0.3, 0.4) is 0 Å². The summed E-state index contributed by atoms with van der Waals surface area (Å²) < 4.78 is 10.9. The van der Waals surface area contributed by atoms with Crippen molar-refractivity contribution < 1.29 is 9.47 Å². The molecule has 0 saturated carbocycles. The Morgan fingerprint density at radius 2 is 2.18 bits per heavy atom. The van der Waals surface area contributed by atoms with Crippen molar-refractivity contribution in [1.29, 1.82) is 0 Å². The van der Waals surface area contributed by atoms with E-state index in [1.807, 2.05) is 30.3 Å². The van der Waals surface area contributed by atoms with E-state index < -0.39 is 0 Å². The molecule has 2 aromatic rings. The van der Waals surface area contributed by atoms with Crippen molar-refractivity contribution in [3.05, 3.63) is 36.5 Å². The highest BCUT2D eigenvalue weighted by Crippen LogP contribution is 2.24. The second kappa shape index (κ2) is 5.61. The van der Waals surface area contributed by atoms with Gasteiger partial charge in [0.25, 0.3) is 0 Å². The summed E-state index contributed by atoms with van der Waals surface area (Å²) in [5, 5.41) is 0.990. The lowest BCUT2D eigenvalue weighted by Gasteiger charge is -2.17. The fraction of sp³-hybridized carbons (Fsp3) is 0.308. The van der Waals surface area contributed by atoms with E-state index in [1.54, 1.807) is 13.3 Å². The lowest BCUT2D eigenvalue weighted by molar-refractivity contribution is 0.0870.